The van der Waals surface area contributed by atoms with Crippen LogP contribution in [0, 0.1) is 11.7 Å². The van der Waals surface area contributed by atoms with Crippen molar-refractivity contribution in [3.63, 3.8) is 0 Å². The number of amides is 1. The summed E-state index contributed by atoms with van der Waals surface area (Å²) in [7, 11) is 3.51. The van der Waals surface area contributed by atoms with E-state index in [2.05, 4.69) is 100 Å². The first-order valence-electron chi connectivity index (χ1n) is 16.5. The number of carbonyl (C=O) groups excluding carboxylic acids is 1. The van der Waals surface area contributed by atoms with Crippen molar-refractivity contribution in [1.29, 1.82) is 0 Å². The van der Waals surface area contributed by atoms with Gasteiger partial charge in [-0.05, 0) is 66.1 Å². The average molecular weight is 676 g/mol. The van der Waals surface area contributed by atoms with Crippen LogP contribution in [-0.4, -0.2) is 44.1 Å². The Morgan fingerprint density at radius 2 is 1.54 bits per heavy atom. The SMILES string of the molecule is CN(C)C(=O)c1ccc(-c2cnc3ccc(-c4cn(C(c5ccccc5)(c5ccccc5)C5C=CC=CC5)nc4-c4ccc(F)cc4)cn23)s1. The number of fused-ring (bicyclic) bond motifs is 1. The molecule has 7 aromatic rings. The minimum absolute atomic E-state index is 0.0317. The maximum absolute atomic E-state index is 14.3. The van der Waals surface area contributed by atoms with E-state index in [4.69, 9.17) is 10.1 Å². The first-order chi connectivity index (χ1) is 24.4. The molecule has 1 aliphatic carbocycles. The summed E-state index contributed by atoms with van der Waals surface area (Å²) in [5.41, 5.74) is 6.59. The van der Waals surface area contributed by atoms with Crippen molar-refractivity contribution in [3.05, 3.63) is 174 Å². The van der Waals surface area contributed by atoms with Gasteiger partial charge in [0, 0.05) is 49.1 Å². The Morgan fingerprint density at radius 1 is 0.840 bits per heavy atom. The number of allylic oxidation sites excluding steroid dienone is 4. The van der Waals surface area contributed by atoms with Crippen molar-refractivity contribution in [3.8, 4) is 33.0 Å². The fraction of sp³-hybridized carbons (Fsp3) is 0.119. The molecule has 1 aliphatic rings. The van der Waals surface area contributed by atoms with Crippen molar-refractivity contribution < 1.29 is 9.18 Å². The highest BCUT2D eigenvalue weighted by molar-refractivity contribution is 7.17. The molecule has 0 aliphatic heterocycles. The van der Waals surface area contributed by atoms with Crippen LogP contribution in [0.3, 0.4) is 0 Å². The lowest BCUT2D eigenvalue weighted by Gasteiger charge is -2.41. The van der Waals surface area contributed by atoms with Gasteiger partial charge in [-0.15, -0.1) is 11.3 Å². The maximum Gasteiger partial charge on any atom is 0.263 e. The van der Waals surface area contributed by atoms with Crippen molar-refractivity contribution in [2.45, 2.75) is 12.0 Å². The van der Waals surface area contributed by atoms with E-state index in [0.717, 1.165) is 56.2 Å². The second-order valence-electron chi connectivity index (χ2n) is 12.6. The Balaban J connectivity index is 1.36. The Hall–Kier alpha value is -5.86. The van der Waals surface area contributed by atoms with E-state index in [0.29, 0.717) is 4.88 Å². The molecule has 1 atom stereocenters. The van der Waals surface area contributed by atoms with Gasteiger partial charge in [-0.1, -0.05) is 85.0 Å². The number of carbonyl (C=O) groups is 1. The quantitative estimate of drug-likeness (QED) is 0.161. The summed E-state index contributed by atoms with van der Waals surface area (Å²) in [5, 5.41) is 5.45. The summed E-state index contributed by atoms with van der Waals surface area (Å²) in [4.78, 5) is 20.6. The number of halogens is 1. The normalized spacial score (nSPS) is 14.3. The Labute approximate surface area is 294 Å². The van der Waals surface area contributed by atoms with Gasteiger partial charge in [0.15, 0.2) is 0 Å². The highest BCUT2D eigenvalue weighted by atomic mass is 32.1. The van der Waals surface area contributed by atoms with E-state index in [1.165, 1.54) is 23.5 Å². The minimum atomic E-state index is -0.701. The summed E-state index contributed by atoms with van der Waals surface area (Å²) in [5.74, 6) is -0.285. The molecule has 8 heteroatoms. The highest BCUT2D eigenvalue weighted by Crippen LogP contribution is 2.46. The molecule has 0 bridgehead atoms. The van der Waals surface area contributed by atoms with Gasteiger partial charge in [0.05, 0.1) is 21.6 Å². The number of pyridine rings is 1. The third kappa shape index (κ3) is 5.38. The van der Waals surface area contributed by atoms with Crippen LogP contribution in [0.5, 0.6) is 0 Å². The molecule has 0 spiro atoms. The van der Waals surface area contributed by atoms with Gasteiger partial charge in [0.2, 0.25) is 0 Å². The van der Waals surface area contributed by atoms with Crippen LogP contribution in [0.2, 0.25) is 0 Å². The summed E-state index contributed by atoms with van der Waals surface area (Å²) in [6.07, 6.45) is 15.6. The maximum atomic E-state index is 14.3. The second-order valence-corrected chi connectivity index (χ2v) is 13.7. The zero-order valence-electron chi connectivity index (χ0n) is 27.6. The molecule has 246 valence electrons. The van der Waals surface area contributed by atoms with Crippen molar-refractivity contribution in [2.75, 3.05) is 14.1 Å². The summed E-state index contributed by atoms with van der Waals surface area (Å²) >= 11 is 1.45. The summed E-state index contributed by atoms with van der Waals surface area (Å²) < 4.78 is 18.5. The summed E-state index contributed by atoms with van der Waals surface area (Å²) in [6, 6.07) is 35.6. The standard InChI is InChI=1S/C42H34FN5OS/c1-46(2)41(49)38-24-23-37(50-38)36-26-44-39-25-20-30(27-47(36)39)35-28-48(45-40(35)29-18-21-34(43)22-19-29)42(31-12-6-3-7-13-31,32-14-8-4-9-15-32)33-16-10-5-11-17-33/h3-16,18-28,33H,17H2,1-2H3. The molecule has 1 amide bonds. The third-order valence-corrected chi connectivity index (χ3v) is 10.5. The van der Waals surface area contributed by atoms with E-state index in [9.17, 15) is 9.18 Å². The van der Waals surface area contributed by atoms with Gasteiger partial charge in [-0.3, -0.25) is 13.9 Å². The van der Waals surface area contributed by atoms with Crippen molar-refractivity contribution in [1.82, 2.24) is 24.1 Å². The molecule has 0 fully saturated rings. The van der Waals surface area contributed by atoms with Crippen molar-refractivity contribution in [2.24, 2.45) is 5.92 Å². The fourth-order valence-corrected chi connectivity index (χ4v) is 8.06. The number of nitrogens with zero attached hydrogens (tertiary/aromatic N) is 5. The molecule has 1 unspecified atom stereocenters. The minimum Gasteiger partial charge on any atom is -0.344 e. The number of rotatable bonds is 8. The van der Waals surface area contributed by atoms with Gasteiger partial charge in [0.25, 0.3) is 5.91 Å². The van der Waals surface area contributed by atoms with Crippen LogP contribution in [-0.2, 0) is 5.54 Å². The van der Waals surface area contributed by atoms with Gasteiger partial charge < -0.3 is 4.90 Å². The lowest BCUT2D eigenvalue weighted by Crippen LogP contribution is -2.43. The molecule has 3 aromatic carbocycles. The van der Waals surface area contributed by atoms with Crippen LogP contribution >= 0.6 is 11.3 Å². The van der Waals surface area contributed by atoms with Crippen LogP contribution < -0.4 is 0 Å². The predicted molar refractivity (Wildman–Crippen MR) is 199 cm³/mol. The first kappa shape index (κ1) is 31.4. The van der Waals surface area contributed by atoms with Crippen LogP contribution in [0.1, 0.15) is 27.2 Å². The Bertz CT molecular complexity index is 2330. The van der Waals surface area contributed by atoms with Gasteiger partial charge in [-0.25, -0.2) is 9.37 Å². The zero-order valence-corrected chi connectivity index (χ0v) is 28.5. The Morgan fingerprint density at radius 3 is 2.20 bits per heavy atom. The molecule has 0 saturated carbocycles. The summed E-state index contributed by atoms with van der Waals surface area (Å²) in [6.45, 7) is 0. The first-order valence-corrected chi connectivity index (χ1v) is 17.3. The van der Waals surface area contributed by atoms with Crippen molar-refractivity contribution >= 4 is 22.9 Å². The van der Waals surface area contributed by atoms with Crippen LogP contribution in [0.25, 0.3) is 38.6 Å². The fourth-order valence-electron chi connectivity index (χ4n) is 7.02. The molecule has 4 aromatic heterocycles. The molecule has 4 heterocycles. The number of aromatic nitrogens is 4. The second kappa shape index (κ2) is 12.9. The molecule has 8 rings (SSSR count). The zero-order chi connectivity index (χ0) is 34.2. The van der Waals surface area contributed by atoms with E-state index in [-0.39, 0.29) is 17.6 Å². The van der Waals surface area contributed by atoms with Gasteiger partial charge >= 0.3 is 0 Å². The highest BCUT2D eigenvalue weighted by Gasteiger charge is 2.44. The van der Waals surface area contributed by atoms with E-state index < -0.39 is 5.54 Å². The molecular formula is C42H34FN5OS. The lowest BCUT2D eigenvalue weighted by atomic mass is 9.70. The molecular weight excluding hydrogens is 642 g/mol. The third-order valence-electron chi connectivity index (χ3n) is 9.43. The number of imidazole rings is 1. The number of hydrogen-bond donors (Lipinski definition) is 0. The van der Waals surface area contributed by atoms with Crippen LogP contribution in [0.15, 0.2) is 152 Å². The van der Waals surface area contributed by atoms with E-state index in [1.54, 1.807) is 31.1 Å². The topological polar surface area (TPSA) is 55.4 Å². The molecule has 50 heavy (non-hydrogen) atoms. The van der Waals surface area contributed by atoms with Gasteiger partial charge in [0.1, 0.15) is 22.7 Å². The number of benzene rings is 3. The molecule has 0 radical (unpaired) electrons. The van der Waals surface area contributed by atoms with Crippen LogP contribution in [0.4, 0.5) is 4.39 Å². The predicted octanol–water partition coefficient (Wildman–Crippen LogP) is 9.36. The smallest absolute Gasteiger partial charge is 0.263 e. The molecule has 6 nitrogen and oxygen atoms in total. The number of hydrogen-bond acceptors (Lipinski definition) is 4. The van der Waals surface area contributed by atoms with E-state index >= 15 is 0 Å². The molecule has 0 N–H and O–H groups in total. The lowest BCUT2D eigenvalue weighted by molar-refractivity contribution is 0.0832. The largest absolute Gasteiger partial charge is 0.344 e. The average Bonchev–Trinajstić information content (AvgIpc) is 3.92. The van der Waals surface area contributed by atoms with E-state index in [1.807, 2.05) is 36.5 Å². The molecule has 0 saturated heterocycles. The van der Waals surface area contributed by atoms with Gasteiger partial charge in [-0.2, -0.15) is 5.10 Å². The number of thiophene rings is 1. The Kier molecular flexibility index (Phi) is 8.09. The monoisotopic (exact) mass is 675 g/mol.